The van der Waals surface area contributed by atoms with Crippen LogP contribution in [0.15, 0.2) is 0 Å². The molecule has 4 nitrogen and oxygen atoms in total. The van der Waals surface area contributed by atoms with Crippen LogP contribution in [0.1, 0.15) is 32.1 Å². The zero-order valence-electron chi connectivity index (χ0n) is 11.8. The third-order valence-corrected chi connectivity index (χ3v) is 4.51. The van der Waals surface area contributed by atoms with Gasteiger partial charge < -0.3 is 9.47 Å². The highest BCUT2D eigenvalue weighted by Crippen LogP contribution is 2.11. The molecule has 0 saturated carbocycles. The molecule has 0 aromatic heterocycles. The fraction of sp³-hybridized carbons (Fsp3) is 0.846. The molecule has 6 heteroatoms. The largest absolute Gasteiger partial charge is 0.468 e. The molecule has 0 aromatic rings. The van der Waals surface area contributed by atoms with Crippen LogP contribution in [0.3, 0.4) is 0 Å². The number of hydrogen-bond donors (Lipinski definition) is 0. The standard InChI is InChI=1S/C13H24O4S2/c1-16-12(14)10-18-8-6-4-3-5-7-9-19-11-13(15)17-2/h3-11H2,1-2H3. The van der Waals surface area contributed by atoms with Crippen LogP contribution < -0.4 is 0 Å². The van der Waals surface area contributed by atoms with Crippen LogP contribution >= 0.6 is 23.5 Å². The van der Waals surface area contributed by atoms with E-state index in [9.17, 15) is 9.59 Å². The Morgan fingerprint density at radius 3 is 1.47 bits per heavy atom. The summed E-state index contributed by atoms with van der Waals surface area (Å²) in [6.45, 7) is 0. The van der Waals surface area contributed by atoms with Crippen LogP contribution in [-0.2, 0) is 19.1 Å². The zero-order chi connectivity index (χ0) is 14.3. The van der Waals surface area contributed by atoms with Gasteiger partial charge in [0.15, 0.2) is 0 Å². The van der Waals surface area contributed by atoms with Gasteiger partial charge in [-0.05, 0) is 24.3 Å². The molecule has 0 rings (SSSR count). The van der Waals surface area contributed by atoms with Crippen LogP contribution in [0.4, 0.5) is 0 Å². The van der Waals surface area contributed by atoms with E-state index in [-0.39, 0.29) is 11.9 Å². The number of carbonyl (C=O) groups excluding carboxylic acids is 2. The van der Waals surface area contributed by atoms with Gasteiger partial charge in [-0.1, -0.05) is 19.3 Å². The van der Waals surface area contributed by atoms with Gasteiger partial charge in [-0.15, -0.1) is 0 Å². The third kappa shape index (κ3) is 13.9. The van der Waals surface area contributed by atoms with Gasteiger partial charge in [0.25, 0.3) is 0 Å². The lowest BCUT2D eigenvalue weighted by atomic mass is 10.2. The summed E-state index contributed by atoms with van der Waals surface area (Å²) >= 11 is 3.27. The number of esters is 2. The quantitative estimate of drug-likeness (QED) is 0.408. The van der Waals surface area contributed by atoms with E-state index in [0.29, 0.717) is 11.5 Å². The molecule has 0 spiro atoms. The Hall–Kier alpha value is -0.360. The monoisotopic (exact) mass is 308 g/mol. The van der Waals surface area contributed by atoms with Crippen molar-refractivity contribution in [1.29, 1.82) is 0 Å². The van der Waals surface area contributed by atoms with Gasteiger partial charge in [-0.2, -0.15) is 23.5 Å². The van der Waals surface area contributed by atoms with Gasteiger partial charge in [0, 0.05) is 0 Å². The molecule has 0 amide bonds. The van der Waals surface area contributed by atoms with E-state index in [0.717, 1.165) is 24.3 Å². The smallest absolute Gasteiger partial charge is 0.315 e. The molecule has 0 heterocycles. The van der Waals surface area contributed by atoms with Gasteiger partial charge in [0.05, 0.1) is 25.7 Å². The highest BCUT2D eigenvalue weighted by molar-refractivity contribution is 8.00. The Bertz CT molecular complexity index is 223. The highest BCUT2D eigenvalue weighted by Gasteiger charge is 2.00. The lowest BCUT2D eigenvalue weighted by Crippen LogP contribution is -2.03. The number of thioether (sulfide) groups is 2. The number of carbonyl (C=O) groups is 2. The fourth-order valence-corrected chi connectivity index (χ4v) is 3.04. The molecule has 0 unspecified atom stereocenters. The van der Waals surface area contributed by atoms with Crippen LogP contribution in [-0.4, -0.2) is 49.2 Å². The van der Waals surface area contributed by atoms with Crippen LogP contribution in [0.5, 0.6) is 0 Å². The molecule has 112 valence electrons. The van der Waals surface area contributed by atoms with Crippen molar-refractivity contribution in [1.82, 2.24) is 0 Å². The number of rotatable bonds is 12. The van der Waals surface area contributed by atoms with Gasteiger partial charge in [-0.25, -0.2) is 0 Å². The summed E-state index contributed by atoms with van der Waals surface area (Å²) < 4.78 is 9.13. The minimum absolute atomic E-state index is 0.146. The normalized spacial score (nSPS) is 10.2. The molecule has 0 N–H and O–H groups in total. The Morgan fingerprint density at radius 2 is 1.11 bits per heavy atom. The molecule has 0 aliphatic heterocycles. The van der Waals surface area contributed by atoms with Gasteiger partial charge in [0.1, 0.15) is 0 Å². The molecule has 0 aromatic carbocycles. The van der Waals surface area contributed by atoms with Crippen molar-refractivity contribution < 1.29 is 19.1 Å². The fourth-order valence-electron chi connectivity index (χ4n) is 1.37. The highest BCUT2D eigenvalue weighted by atomic mass is 32.2. The Labute approximate surface area is 124 Å². The maximum absolute atomic E-state index is 10.8. The SMILES string of the molecule is COC(=O)CSCCCCCCCSCC(=O)OC. The van der Waals surface area contributed by atoms with E-state index in [1.54, 1.807) is 23.5 Å². The molecular formula is C13H24O4S2. The first kappa shape index (κ1) is 18.6. The van der Waals surface area contributed by atoms with Crippen molar-refractivity contribution in [2.45, 2.75) is 32.1 Å². The van der Waals surface area contributed by atoms with Crippen molar-refractivity contribution >= 4 is 35.5 Å². The van der Waals surface area contributed by atoms with Crippen molar-refractivity contribution in [3.05, 3.63) is 0 Å². The van der Waals surface area contributed by atoms with Crippen molar-refractivity contribution in [3.8, 4) is 0 Å². The first-order valence-corrected chi connectivity index (χ1v) is 8.80. The Balaban J connectivity index is 3.07. The number of hydrogen-bond acceptors (Lipinski definition) is 6. The van der Waals surface area contributed by atoms with Gasteiger partial charge in [0.2, 0.25) is 0 Å². The van der Waals surface area contributed by atoms with E-state index < -0.39 is 0 Å². The molecule has 0 bridgehead atoms. The van der Waals surface area contributed by atoms with E-state index in [4.69, 9.17) is 0 Å². The van der Waals surface area contributed by atoms with Crippen LogP contribution in [0, 0.1) is 0 Å². The Kier molecular flexibility index (Phi) is 13.8. The molecule has 0 saturated heterocycles. The summed E-state index contributed by atoms with van der Waals surface area (Å²) in [6.07, 6.45) is 5.93. The average Bonchev–Trinajstić information content (AvgIpc) is 2.43. The summed E-state index contributed by atoms with van der Waals surface area (Å²) in [6, 6.07) is 0. The molecular weight excluding hydrogens is 284 g/mol. The maximum Gasteiger partial charge on any atom is 0.315 e. The number of unbranched alkanes of at least 4 members (excludes halogenated alkanes) is 4. The van der Waals surface area contributed by atoms with E-state index >= 15 is 0 Å². The second-order valence-electron chi connectivity index (χ2n) is 4.03. The molecule has 0 atom stereocenters. The first-order valence-electron chi connectivity index (χ1n) is 6.49. The molecule has 0 radical (unpaired) electrons. The van der Waals surface area contributed by atoms with Crippen molar-refractivity contribution in [2.75, 3.05) is 37.2 Å². The maximum atomic E-state index is 10.8. The van der Waals surface area contributed by atoms with E-state index in [2.05, 4.69) is 9.47 Å². The minimum atomic E-state index is -0.146. The lowest BCUT2D eigenvalue weighted by Gasteiger charge is -2.02. The summed E-state index contributed by atoms with van der Waals surface area (Å²) in [5.74, 6) is 2.67. The summed E-state index contributed by atoms with van der Waals surface area (Å²) in [7, 11) is 2.84. The molecule has 19 heavy (non-hydrogen) atoms. The van der Waals surface area contributed by atoms with Crippen LogP contribution in [0.25, 0.3) is 0 Å². The topological polar surface area (TPSA) is 52.6 Å². The summed E-state index contributed by atoms with van der Waals surface area (Å²) in [4.78, 5) is 21.7. The Morgan fingerprint density at radius 1 is 0.737 bits per heavy atom. The lowest BCUT2D eigenvalue weighted by molar-refractivity contribution is -0.138. The predicted octanol–water partition coefficient (Wildman–Crippen LogP) is 2.75. The second kappa shape index (κ2) is 14.1. The third-order valence-electron chi connectivity index (χ3n) is 2.47. The number of methoxy groups -OCH3 is 2. The molecule has 0 aliphatic rings. The summed E-state index contributed by atoms with van der Waals surface area (Å²) in [5.41, 5.74) is 0. The zero-order valence-corrected chi connectivity index (χ0v) is 13.4. The first-order chi connectivity index (χ1) is 9.20. The van der Waals surface area contributed by atoms with E-state index in [1.165, 1.54) is 33.5 Å². The van der Waals surface area contributed by atoms with Crippen molar-refractivity contribution in [3.63, 3.8) is 0 Å². The van der Waals surface area contributed by atoms with Crippen molar-refractivity contribution in [2.24, 2.45) is 0 Å². The molecule has 0 fully saturated rings. The van der Waals surface area contributed by atoms with Gasteiger partial charge >= 0.3 is 11.9 Å². The summed E-state index contributed by atoms with van der Waals surface area (Å²) in [5, 5.41) is 0. The minimum Gasteiger partial charge on any atom is -0.468 e. The average molecular weight is 308 g/mol. The number of ether oxygens (including phenoxy) is 2. The van der Waals surface area contributed by atoms with E-state index in [1.807, 2.05) is 0 Å². The van der Waals surface area contributed by atoms with Gasteiger partial charge in [-0.3, -0.25) is 9.59 Å². The predicted molar refractivity (Wildman–Crippen MR) is 81.8 cm³/mol. The second-order valence-corrected chi connectivity index (χ2v) is 6.24. The molecule has 0 aliphatic carbocycles. The van der Waals surface area contributed by atoms with Crippen LogP contribution in [0.2, 0.25) is 0 Å².